The molecule has 2 aromatic carbocycles. The Morgan fingerprint density at radius 1 is 0.938 bits per heavy atom. The van der Waals surface area contributed by atoms with Gasteiger partial charge in [-0.25, -0.2) is 0 Å². The maximum Gasteiger partial charge on any atom is 0.309 e. The predicted molar refractivity (Wildman–Crippen MR) is 115 cm³/mol. The number of esters is 2. The Morgan fingerprint density at radius 2 is 1.53 bits per heavy atom. The number of hydrogen-bond acceptors (Lipinski definition) is 8. The molecule has 0 spiro atoms. The smallest absolute Gasteiger partial charge is 0.309 e. The highest BCUT2D eigenvalue weighted by Crippen LogP contribution is 2.41. The van der Waals surface area contributed by atoms with E-state index in [0.29, 0.717) is 35.0 Å². The molecular formula is C24H28O8. The Hall–Kier alpha value is -3.42. The molecule has 0 amide bonds. The number of ether oxygens (including phenoxy) is 6. The minimum Gasteiger partial charge on any atom is -0.493 e. The number of benzene rings is 2. The third-order valence-corrected chi connectivity index (χ3v) is 5.56. The summed E-state index contributed by atoms with van der Waals surface area (Å²) in [6, 6.07) is 10.8. The van der Waals surface area contributed by atoms with E-state index in [0.717, 1.165) is 5.56 Å². The lowest BCUT2D eigenvalue weighted by molar-refractivity contribution is -0.150. The Balaban J connectivity index is 1.94. The Bertz CT molecular complexity index is 970. The number of cyclic esters (lactones) is 1. The van der Waals surface area contributed by atoms with Crippen molar-refractivity contribution >= 4 is 11.9 Å². The molecule has 8 nitrogen and oxygen atoms in total. The molecule has 2 aromatic rings. The van der Waals surface area contributed by atoms with Crippen LogP contribution >= 0.6 is 0 Å². The summed E-state index contributed by atoms with van der Waals surface area (Å²) in [7, 11) is 6.20. The van der Waals surface area contributed by atoms with Crippen LogP contribution in [0, 0.1) is 11.8 Å². The number of carbonyl (C=O) groups excluding carboxylic acids is 2. The zero-order chi connectivity index (χ0) is 23.3. The molecule has 3 atom stereocenters. The minimum atomic E-state index is -0.691. The quantitative estimate of drug-likeness (QED) is 0.544. The third kappa shape index (κ3) is 4.90. The molecule has 8 heteroatoms. The first-order valence-electron chi connectivity index (χ1n) is 10.2. The van der Waals surface area contributed by atoms with E-state index in [1.54, 1.807) is 45.6 Å². The average molecular weight is 444 g/mol. The van der Waals surface area contributed by atoms with Crippen molar-refractivity contribution in [1.29, 1.82) is 0 Å². The van der Waals surface area contributed by atoms with E-state index in [1.165, 1.54) is 14.0 Å². The van der Waals surface area contributed by atoms with Gasteiger partial charge in [-0.1, -0.05) is 12.1 Å². The Labute approximate surface area is 187 Å². The Kier molecular flexibility index (Phi) is 7.45. The van der Waals surface area contributed by atoms with Crippen molar-refractivity contribution in [1.82, 2.24) is 0 Å². The molecule has 0 saturated carbocycles. The van der Waals surface area contributed by atoms with Crippen LogP contribution in [0.5, 0.6) is 23.0 Å². The SMILES string of the molecule is COc1ccc(C[C@H]2C(=O)OC[C@H]2[C@@H](OC(C)=O)c2ccc(OC)c(OC)c2)cc1OC. The summed E-state index contributed by atoms with van der Waals surface area (Å²) in [5, 5.41) is 0. The first kappa shape index (κ1) is 23.2. The topological polar surface area (TPSA) is 89.5 Å². The average Bonchev–Trinajstić information content (AvgIpc) is 3.16. The van der Waals surface area contributed by atoms with Crippen LogP contribution < -0.4 is 18.9 Å². The Morgan fingerprint density at radius 3 is 2.12 bits per heavy atom. The molecule has 0 aromatic heterocycles. The van der Waals surface area contributed by atoms with E-state index in [9.17, 15) is 9.59 Å². The fraction of sp³-hybridized carbons (Fsp3) is 0.417. The van der Waals surface area contributed by atoms with Crippen molar-refractivity contribution in [3.63, 3.8) is 0 Å². The fourth-order valence-corrected chi connectivity index (χ4v) is 3.98. The summed E-state index contributed by atoms with van der Waals surface area (Å²) in [6.45, 7) is 1.48. The monoisotopic (exact) mass is 444 g/mol. The van der Waals surface area contributed by atoms with E-state index in [-0.39, 0.29) is 18.5 Å². The lowest BCUT2D eigenvalue weighted by Gasteiger charge is -2.26. The molecule has 0 radical (unpaired) electrons. The van der Waals surface area contributed by atoms with Gasteiger partial charge in [-0.2, -0.15) is 0 Å². The molecule has 172 valence electrons. The van der Waals surface area contributed by atoms with Crippen molar-refractivity contribution in [3.05, 3.63) is 47.5 Å². The highest BCUT2D eigenvalue weighted by Gasteiger charge is 2.44. The maximum absolute atomic E-state index is 12.6. The summed E-state index contributed by atoms with van der Waals surface area (Å²) in [5.74, 6) is 0.566. The van der Waals surface area contributed by atoms with Crippen molar-refractivity contribution in [2.45, 2.75) is 19.4 Å². The molecule has 1 aliphatic heterocycles. The van der Waals surface area contributed by atoms with Gasteiger partial charge in [0.2, 0.25) is 0 Å². The van der Waals surface area contributed by atoms with Crippen molar-refractivity contribution in [2.24, 2.45) is 11.8 Å². The molecule has 1 saturated heterocycles. The van der Waals surface area contributed by atoms with Gasteiger partial charge < -0.3 is 28.4 Å². The first-order chi connectivity index (χ1) is 15.4. The molecular weight excluding hydrogens is 416 g/mol. The maximum atomic E-state index is 12.6. The number of hydrogen-bond donors (Lipinski definition) is 0. The molecule has 0 bridgehead atoms. The number of methoxy groups -OCH3 is 4. The summed E-state index contributed by atoms with van der Waals surface area (Å²) >= 11 is 0. The highest BCUT2D eigenvalue weighted by atomic mass is 16.6. The number of carbonyl (C=O) groups is 2. The summed E-state index contributed by atoms with van der Waals surface area (Å²) < 4.78 is 32.4. The van der Waals surface area contributed by atoms with Gasteiger partial charge in [0.05, 0.1) is 41.0 Å². The van der Waals surface area contributed by atoms with Gasteiger partial charge in [-0.05, 0) is 41.8 Å². The normalized spacial score (nSPS) is 18.5. The molecule has 0 unspecified atom stereocenters. The van der Waals surface area contributed by atoms with Crippen LogP contribution in [-0.4, -0.2) is 47.0 Å². The van der Waals surface area contributed by atoms with Crippen molar-refractivity contribution < 1.29 is 38.0 Å². The highest BCUT2D eigenvalue weighted by molar-refractivity contribution is 5.75. The molecule has 1 heterocycles. The van der Waals surface area contributed by atoms with E-state index < -0.39 is 18.0 Å². The third-order valence-electron chi connectivity index (χ3n) is 5.56. The van der Waals surface area contributed by atoms with E-state index in [4.69, 9.17) is 28.4 Å². The van der Waals surface area contributed by atoms with Gasteiger partial charge in [0.1, 0.15) is 6.10 Å². The number of rotatable bonds is 9. The fourth-order valence-electron chi connectivity index (χ4n) is 3.98. The summed E-state index contributed by atoms with van der Waals surface area (Å²) in [5.41, 5.74) is 1.57. The van der Waals surface area contributed by atoms with Crippen molar-refractivity contribution in [2.75, 3.05) is 35.0 Å². The molecule has 32 heavy (non-hydrogen) atoms. The lowest BCUT2D eigenvalue weighted by atomic mass is 9.82. The van der Waals surface area contributed by atoms with Gasteiger partial charge in [0.15, 0.2) is 23.0 Å². The summed E-state index contributed by atoms with van der Waals surface area (Å²) in [4.78, 5) is 24.6. The molecule has 3 rings (SSSR count). The zero-order valence-corrected chi connectivity index (χ0v) is 18.9. The largest absolute Gasteiger partial charge is 0.493 e. The van der Waals surface area contributed by atoms with Crippen LogP contribution in [0.15, 0.2) is 36.4 Å². The van der Waals surface area contributed by atoms with Gasteiger partial charge >= 0.3 is 11.9 Å². The second-order valence-electron chi connectivity index (χ2n) is 7.44. The standard InChI is InChI=1S/C24H28O8/c1-14(25)32-23(16-7-9-20(28-3)22(12-16)30-5)18-13-31-24(26)17(18)10-15-6-8-19(27-2)21(11-15)29-4/h6-9,11-12,17-18,23H,10,13H2,1-5H3/t17-,18-,23+/m1/s1. The zero-order valence-electron chi connectivity index (χ0n) is 18.9. The first-order valence-corrected chi connectivity index (χ1v) is 10.2. The van der Waals surface area contributed by atoms with Gasteiger partial charge in [0, 0.05) is 12.8 Å². The van der Waals surface area contributed by atoms with Crippen LogP contribution in [0.3, 0.4) is 0 Å². The minimum absolute atomic E-state index is 0.142. The van der Waals surface area contributed by atoms with E-state index in [1.807, 2.05) is 12.1 Å². The second kappa shape index (κ2) is 10.3. The second-order valence-corrected chi connectivity index (χ2v) is 7.44. The van der Waals surface area contributed by atoms with E-state index >= 15 is 0 Å². The van der Waals surface area contributed by atoms with Gasteiger partial charge in [0.25, 0.3) is 0 Å². The van der Waals surface area contributed by atoms with E-state index in [2.05, 4.69) is 0 Å². The van der Waals surface area contributed by atoms with Crippen molar-refractivity contribution in [3.8, 4) is 23.0 Å². The van der Waals surface area contributed by atoms with Crippen LogP contribution in [0.2, 0.25) is 0 Å². The van der Waals surface area contributed by atoms with Gasteiger partial charge in [-0.15, -0.1) is 0 Å². The summed E-state index contributed by atoms with van der Waals surface area (Å²) in [6.07, 6.45) is -0.293. The lowest BCUT2D eigenvalue weighted by Crippen LogP contribution is -2.27. The molecule has 0 N–H and O–H groups in total. The molecule has 1 aliphatic rings. The van der Waals surface area contributed by atoms with Crippen LogP contribution in [0.1, 0.15) is 24.2 Å². The predicted octanol–water partition coefficient (Wildman–Crippen LogP) is 3.36. The van der Waals surface area contributed by atoms with Crippen LogP contribution in [0.4, 0.5) is 0 Å². The molecule has 1 fully saturated rings. The molecule has 0 aliphatic carbocycles. The van der Waals surface area contributed by atoms with Crippen LogP contribution in [0.25, 0.3) is 0 Å². The van der Waals surface area contributed by atoms with Gasteiger partial charge in [-0.3, -0.25) is 9.59 Å². The van der Waals surface area contributed by atoms with Crippen LogP contribution in [-0.2, 0) is 25.5 Å².